The van der Waals surface area contributed by atoms with Gasteiger partial charge in [-0.05, 0) is 25.0 Å². The summed E-state index contributed by atoms with van der Waals surface area (Å²) in [7, 11) is 0. The first-order valence-corrected chi connectivity index (χ1v) is 6.86. The van der Waals surface area contributed by atoms with Gasteiger partial charge >= 0.3 is 5.82 Å². The molecule has 18 heavy (non-hydrogen) atoms. The average Bonchev–Trinajstić information content (AvgIpc) is 2.81. The van der Waals surface area contributed by atoms with Crippen molar-refractivity contribution in [1.29, 1.82) is 0 Å². The van der Waals surface area contributed by atoms with Crippen LogP contribution < -0.4 is 4.57 Å². The molecule has 0 N–H and O–H groups in total. The molecule has 0 aliphatic heterocycles. The molecule has 2 aromatic rings. The fourth-order valence-electron chi connectivity index (χ4n) is 2.19. The van der Waals surface area contributed by atoms with Crippen LogP contribution in [0.25, 0.3) is 11.5 Å². The van der Waals surface area contributed by atoms with Gasteiger partial charge in [0.2, 0.25) is 0 Å². The van der Waals surface area contributed by atoms with Crippen LogP contribution in [0.1, 0.15) is 33.1 Å². The van der Waals surface area contributed by atoms with Crippen LogP contribution in [-0.2, 0) is 13.1 Å². The zero-order valence-corrected chi connectivity index (χ0v) is 11.3. The van der Waals surface area contributed by atoms with Crippen LogP contribution in [0, 0.1) is 0 Å². The molecule has 3 nitrogen and oxygen atoms in total. The van der Waals surface area contributed by atoms with Gasteiger partial charge in [0.25, 0.3) is 0 Å². The number of aromatic nitrogens is 3. The maximum atomic E-state index is 4.49. The first-order chi connectivity index (χ1) is 8.86. The summed E-state index contributed by atoms with van der Waals surface area (Å²) in [4.78, 5) is 4.49. The molecule has 2 rings (SSSR count). The normalized spacial score (nSPS) is 10.8. The predicted molar refractivity (Wildman–Crippen MR) is 73.1 cm³/mol. The number of rotatable bonds is 6. The van der Waals surface area contributed by atoms with Gasteiger partial charge in [-0.1, -0.05) is 26.3 Å². The third kappa shape index (κ3) is 2.78. The molecule has 0 aliphatic carbocycles. The monoisotopic (exact) mass is 244 g/mol. The van der Waals surface area contributed by atoms with Crippen molar-refractivity contribution in [2.45, 2.75) is 46.2 Å². The van der Waals surface area contributed by atoms with Crippen molar-refractivity contribution in [2.75, 3.05) is 0 Å². The van der Waals surface area contributed by atoms with E-state index in [2.05, 4.69) is 52.5 Å². The van der Waals surface area contributed by atoms with Crippen molar-refractivity contribution in [3.63, 3.8) is 0 Å². The van der Waals surface area contributed by atoms with E-state index < -0.39 is 0 Å². The van der Waals surface area contributed by atoms with E-state index in [4.69, 9.17) is 0 Å². The molecule has 0 radical (unpaired) electrons. The fraction of sp³-hybridized carbons (Fsp3) is 0.467. The van der Waals surface area contributed by atoms with Crippen LogP contribution in [0.2, 0.25) is 0 Å². The maximum absolute atomic E-state index is 4.49. The van der Waals surface area contributed by atoms with Crippen LogP contribution >= 0.6 is 0 Å². The zero-order valence-electron chi connectivity index (χ0n) is 11.3. The van der Waals surface area contributed by atoms with Gasteiger partial charge < -0.3 is 0 Å². The molecule has 0 aliphatic rings. The minimum absolute atomic E-state index is 1.05. The second-order valence-electron chi connectivity index (χ2n) is 4.58. The van der Waals surface area contributed by atoms with Gasteiger partial charge in [0, 0.05) is 6.20 Å². The van der Waals surface area contributed by atoms with Crippen molar-refractivity contribution in [1.82, 2.24) is 9.55 Å². The quantitative estimate of drug-likeness (QED) is 0.716. The number of nitrogens with zero attached hydrogens (tertiary/aromatic N) is 3. The largest absolute Gasteiger partial charge is 0.307 e. The third-order valence-electron chi connectivity index (χ3n) is 3.08. The predicted octanol–water partition coefficient (Wildman–Crippen LogP) is 3.05. The van der Waals surface area contributed by atoms with Crippen molar-refractivity contribution < 1.29 is 4.57 Å². The van der Waals surface area contributed by atoms with E-state index in [0.29, 0.717) is 0 Å². The Morgan fingerprint density at radius 1 is 1.22 bits per heavy atom. The Balaban J connectivity index is 2.37. The van der Waals surface area contributed by atoms with Gasteiger partial charge in [-0.15, -0.1) is 0 Å². The highest BCUT2D eigenvalue weighted by Crippen LogP contribution is 2.13. The molecular weight excluding hydrogens is 222 g/mol. The summed E-state index contributed by atoms with van der Waals surface area (Å²) in [6.07, 6.45) is 9.78. The Morgan fingerprint density at radius 3 is 2.78 bits per heavy atom. The molecular formula is C15H22N3+. The smallest absolute Gasteiger partial charge is 0.248 e. The number of hydrogen-bond donors (Lipinski definition) is 0. The van der Waals surface area contributed by atoms with Gasteiger partial charge in [0.1, 0.15) is 12.4 Å². The number of imidazole rings is 1. The van der Waals surface area contributed by atoms with Crippen LogP contribution in [0.5, 0.6) is 0 Å². The second kappa shape index (κ2) is 6.34. The van der Waals surface area contributed by atoms with Crippen molar-refractivity contribution in [3.05, 3.63) is 36.8 Å². The van der Waals surface area contributed by atoms with Crippen LogP contribution in [0.15, 0.2) is 36.8 Å². The topological polar surface area (TPSA) is 21.7 Å². The molecule has 0 amide bonds. The molecule has 0 bridgehead atoms. The number of unbranched alkanes of at least 4 members (excludes halogenated alkanes) is 1. The highest BCUT2D eigenvalue weighted by molar-refractivity contribution is 5.45. The summed E-state index contributed by atoms with van der Waals surface area (Å²) in [5, 5.41) is 0. The summed E-state index contributed by atoms with van der Waals surface area (Å²) in [6, 6.07) is 6.10. The highest BCUT2D eigenvalue weighted by atomic mass is 15.2. The van der Waals surface area contributed by atoms with E-state index in [1.165, 1.54) is 18.7 Å². The number of hydrogen-bond acceptors (Lipinski definition) is 1. The molecule has 2 heterocycles. The van der Waals surface area contributed by atoms with Crippen molar-refractivity contribution in [3.8, 4) is 11.5 Å². The lowest BCUT2D eigenvalue weighted by molar-refractivity contribution is -0.685. The Hall–Kier alpha value is -1.64. The fourth-order valence-corrected chi connectivity index (χ4v) is 2.19. The van der Waals surface area contributed by atoms with E-state index in [1.807, 2.05) is 12.3 Å². The summed E-state index contributed by atoms with van der Waals surface area (Å²) in [5.41, 5.74) is 1.06. The molecule has 0 saturated carbocycles. The van der Waals surface area contributed by atoms with Crippen LogP contribution in [0.3, 0.4) is 0 Å². The molecule has 2 aromatic heterocycles. The van der Waals surface area contributed by atoms with Gasteiger partial charge in [0.15, 0.2) is 5.69 Å². The Labute approximate surface area is 109 Å². The maximum Gasteiger partial charge on any atom is 0.307 e. The summed E-state index contributed by atoms with van der Waals surface area (Å²) >= 11 is 0. The summed E-state index contributed by atoms with van der Waals surface area (Å²) in [5.74, 6) is 1.23. The Kier molecular flexibility index (Phi) is 4.51. The Morgan fingerprint density at radius 2 is 2.11 bits per heavy atom. The first-order valence-electron chi connectivity index (χ1n) is 6.86. The van der Waals surface area contributed by atoms with E-state index in [0.717, 1.165) is 25.2 Å². The zero-order chi connectivity index (χ0) is 12.8. The molecule has 0 fully saturated rings. The highest BCUT2D eigenvalue weighted by Gasteiger charge is 2.19. The van der Waals surface area contributed by atoms with Gasteiger partial charge in [0.05, 0.1) is 13.1 Å². The van der Waals surface area contributed by atoms with Crippen molar-refractivity contribution in [2.24, 2.45) is 0 Å². The average molecular weight is 244 g/mol. The van der Waals surface area contributed by atoms with Gasteiger partial charge in [-0.25, -0.2) is 14.1 Å². The summed E-state index contributed by atoms with van der Waals surface area (Å²) < 4.78 is 4.62. The Bertz CT molecular complexity index is 474. The molecule has 0 atom stereocenters. The molecule has 0 unspecified atom stereocenters. The van der Waals surface area contributed by atoms with E-state index in [1.54, 1.807) is 0 Å². The number of pyridine rings is 1. The van der Waals surface area contributed by atoms with E-state index >= 15 is 0 Å². The van der Waals surface area contributed by atoms with Gasteiger partial charge in [-0.3, -0.25) is 0 Å². The molecule has 0 spiro atoms. The van der Waals surface area contributed by atoms with E-state index in [-0.39, 0.29) is 0 Å². The number of aryl methyl sites for hydroxylation is 2. The minimum Gasteiger partial charge on any atom is -0.248 e. The second-order valence-corrected chi connectivity index (χ2v) is 4.58. The standard InChI is InChI=1S/C15H22N3/c1-3-5-11-18-13-12-17(10-4-2)15(18)14-8-6-7-9-16-14/h6-9,12-13H,3-5,10-11H2,1-2H3/q+1. The van der Waals surface area contributed by atoms with E-state index in [9.17, 15) is 0 Å². The van der Waals surface area contributed by atoms with Crippen molar-refractivity contribution >= 4 is 0 Å². The minimum atomic E-state index is 1.05. The molecule has 3 heteroatoms. The molecule has 0 aromatic carbocycles. The SMILES string of the molecule is CCCCn1cc[n+](CCC)c1-c1ccccn1. The van der Waals surface area contributed by atoms with Gasteiger partial charge in [-0.2, -0.15) is 0 Å². The van der Waals surface area contributed by atoms with Crippen LogP contribution in [0.4, 0.5) is 0 Å². The molecule has 96 valence electrons. The lowest BCUT2D eigenvalue weighted by atomic mass is 10.3. The van der Waals surface area contributed by atoms with Crippen LogP contribution in [-0.4, -0.2) is 9.55 Å². The first kappa shape index (κ1) is 12.8. The molecule has 0 saturated heterocycles. The lowest BCUT2D eigenvalue weighted by Crippen LogP contribution is -2.34. The summed E-state index contributed by atoms with van der Waals surface area (Å²) in [6.45, 7) is 6.55. The third-order valence-corrected chi connectivity index (χ3v) is 3.08. The lowest BCUT2D eigenvalue weighted by Gasteiger charge is -2.03.